The molecule has 0 spiro atoms. The summed E-state index contributed by atoms with van der Waals surface area (Å²) in [6.45, 7) is 5.42. The van der Waals surface area contributed by atoms with Crippen molar-refractivity contribution in [3.05, 3.63) is 90.3 Å². The van der Waals surface area contributed by atoms with Crippen molar-refractivity contribution in [2.75, 3.05) is 19.8 Å². The largest absolute Gasteiger partial charge is 0.490 e. The molecule has 0 radical (unpaired) electrons. The van der Waals surface area contributed by atoms with E-state index in [9.17, 15) is 14.3 Å². The van der Waals surface area contributed by atoms with Crippen LogP contribution in [0.5, 0.6) is 5.75 Å². The van der Waals surface area contributed by atoms with E-state index < -0.39 is 5.97 Å². The number of esters is 1. The third-order valence-corrected chi connectivity index (χ3v) is 4.98. The molecule has 0 saturated carbocycles. The number of carbonyl (C=O) groups is 1. The van der Waals surface area contributed by atoms with Gasteiger partial charge in [0.05, 0.1) is 0 Å². The average molecular weight is 435 g/mol. The zero-order valence-electron chi connectivity index (χ0n) is 18.1. The van der Waals surface area contributed by atoms with Gasteiger partial charge in [0.25, 0.3) is 0 Å². The number of aliphatic hydroxyl groups is 1. The Balaban J connectivity index is 1.81. The number of hydrogen-bond acceptors (Lipinski definition) is 4. The first-order valence-electron chi connectivity index (χ1n) is 10.5. The first-order chi connectivity index (χ1) is 15.5. The highest BCUT2D eigenvalue weighted by Crippen LogP contribution is 2.32. The molecular weight excluding hydrogens is 407 g/mol. The van der Waals surface area contributed by atoms with E-state index in [4.69, 9.17) is 9.47 Å². The maximum atomic E-state index is 15.0. The van der Waals surface area contributed by atoms with Crippen molar-refractivity contribution in [1.82, 2.24) is 0 Å². The summed E-state index contributed by atoms with van der Waals surface area (Å²) in [6.07, 6.45) is 1.20. The van der Waals surface area contributed by atoms with Crippen LogP contribution in [0.4, 0.5) is 4.39 Å². The van der Waals surface area contributed by atoms with E-state index in [1.54, 1.807) is 19.1 Å². The molecule has 4 nitrogen and oxygen atoms in total. The molecule has 166 valence electrons. The summed E-state index contributed by atoms with van der Waals surface area (Å²) in [5.74, 6) is -0.215. The second kappa shape index (κ2) is 11.3. The fourth-order valence-electron chi connectivity index (χ4n) is 3.30. The first-order valence-corrected chi connectivity index (χ1v) is 10.5. The van der Waals surface area contributed by atoms with E-state index >= 15 is 0 Å². The molecule has 0 saturated heterocycles. The number of carbonyl (C=O) groups excluding carboxylic acids is 1. The van der Waals surface area contributed by atoms with Gasteiger partial charge in [0.2, 0.25) is 0 Å². The Bertz CT molecular complexity index is 1080. The van der Waals surface area contributed by atoms with Crippen LogP contribution in [0.2, 0.25) is 0 Å². The predicted molar refractivity (Wildman–Crippen MR) is 124 cm³/mol. The van der Waals surface area contributed by atoms with Crippen molar-refractivity contribution in [1.29, 1.82) is 0 Å². The molecule has 0 aliphatic carbocycles. The van der Waals surface area contributed by atoms with Gasteiger partial charge in [-0.2, -0.15) is 0 Å². The Hall–Kier alpha value is -3.44. The molecule has 3 aromatic rings. The van der Waals surface area contributed by atoms with Gasteiger partial charge in [-0.1, -0.05) is 61.2 Å². The van der Waals surface area contributed by atoms with Crippen LogP contribution in [0.25, 0.3) is 22.3 Å². The van der Waals surface area contributed by atoms with E-state index in [1.807, 2.05) is 48.5 Å². The van der Waals surface area contributed by atoms with Gasteiger partial charge in [-0.15, -0.1) is 0 Å². The molecule has 0 heterocycles. The normalized spacial score (nSPS) is 10.6. The molecule has 0 aliphatic rings. The van der Waals surface area contributed by atoms with Gasteiger partial charge in [-0.25, -0.2) is 9.18 Å². The van der Waals surface area contributed by atoms with Crippen LogP contribution < -0.4 is 4.74 Å². The van der Waals surface area contributed by atoms with Crippen LogP contribution in [0.15, 0.2) is 78.9 Å². The highest BCUT2D eigenvalue weighted by molar-refractivity contribution is 5.86. The summed E-state index contributed by atoms with van der Waals surface area (Å²) in [5.41, 5.74) is 4.13. The van der Waals surface area contributed by atoms with Crippen LogP contribution >= 0.6 is 0 Å². The quantitative estimate of drug-likeness (QED) is 0.257. The predicted octanol–water partition coefficient (Wildman–Crippen LogP) is 5.58. The van der Waals surface area contributed by atoms with Crippen molar-refractivity contribution < 1.29 is 23.8 Å². The monoisotopic (exact) mass is 434 g/mol. The molecule has 0 bridgehead atoms. The first kappa shape index (κ1) is 23.2. The van der Waals surface area contributed by atoms with Crippen LogP contribution in [0.3, 0.4) is 0 Å². The van der Waals surface area contributed by atoms with Gasteiger partial charge in [0, 0.05) is 17.7 Å². The Labute approximate surface area is 187 Å². The summed E-state index contributed by atoms with van der Waals surface area (Å²) >= 11 is 0. The van der Waals surface area contributed by atoms with Crippen LogP contribution in [-0.2, 0) is 16.0 Å². The minimum Gasteiger partial charge on any atom is -0.490 e. The number of aliphatic hydroxyl groups excluding tert-OH is 1. The molecular formula is C27H27FO4. The highest BCUT2D eigenvalue weighted by Gasteiger charge is 2.12. The smallest absolute Gasteiger partial charge is 0.333 e. The second-order valence-corrected chi connectivity index (χ2v) is 7.48. The molecule has 3 aromatic carbocycles. The molecule has 0 unspecified atom stereocenters. The Kier molecular flexibility index (Phi) is 8.17. The standard InChI is InChI=1S/C27H27FO4/c1-19(2)27(30)32-16-15-31-26-18-23(11-10-21(26)9-6-14-29)24-13-12-22(17-25(24)28)20-7-4-3-5-8-20/h3-5,7-8,10-13,17-18,29H,1,6,9,14-16H2,2H3. The molecule has 32 heavy (non-hydrogen) atoms. The Morgan fingerprint density at radius 2 is 1.72 bits per heavy atom. The lowest BCUT2D eigenvalue weighted by atomic mass is 9.97. The zero-order chi connectivity index (χ0) is 22.9. The van der Waals surface area contributed by atoms with Crippen molar-refractivity contribution in [3.63, 3.8) is 0 Å². The van der Waals surface area contributed by atoms with Crippen molar-refractivity contribution in [2.45, 2.75) is 19.8 Å². The number of halogens is 1. The molecule has 0 aromatic heterocycles. The molecule has 0 fully saturated rings. The minimum absolute atomic E-state index is 0.0625. The Morgan fingerprint density at radius 3 is 2.41 bits per heavy atom. The second-order valence-electron chi connectivity index (χ2n) is 7.48. The van der Waals surface area contributed by atoms with Gasteiger partial charge in [0.15, 0.2) is 0 Å². The van der Waals surface area contributed by atoms with Gasteiger partial charge >= 0.3 is 5.97 Å². The SMILES string of the molecule is C=C(C)C(=O)OCCOc1cc(-c2ccc(-c3ccccc3)cc2F)ccc1CCCO. The lowest BCUT2D eigenvalue weighted by Crippen LogP contribution is -2.13. The van der Waals surface area contributed by atoms with Crippen LogP contribution in [0, 0.1) is 5.82 Å². The zero-order valence-corrected chi connectivity index (χ0v) is 18.1. The summed E-state index contributed by atoms with van der Waals surface area (Å²) < 4.78 is 25.9. The number of aryl methyl sites for hydroxylation is 1. The summed E-state index contributed by atoms with van der Waals surface area (Å²) in [7, 11) is 0. The molecule has 0 aliphatic heterocycles. The third-order valence-electron chi connectivity index (χ3n) is 4.98. The van der Waals surface area contributed by atoms with E-state index in [2.05, 4.69) is 6.58 Å². The highest BCUT2D eigenvalue weighted by atomic mass is 19.1. The number of ether oxygens (including phenoxy) is 2. The lowest BCUT2D eigenvalue weighted by Gasteiger charge is -2.14. The molecule has 0 atom stereocenters. The summed E-state index contributed by atoms with van der Waals surface area (Å²) in [6, 6.07) is 20.3. The van der Waals surface area contributed by atoms with Crippen LogP contribution in [-0.4, -0.2) is 30.9 Å². The van der Waals surface area contributed by atoms with Crippen LogP contribution in [0.1, 0.15) is 18.9 Å². The third kappa shape index (κ3) is 6.05. The molecule has 1 N–H and O–H groups in total. The van der Waals surface area contributed by atoms with Crippen molar-refractivity contribution >= 4 is 5.97 Å². The van der Waals surface area contributed by atoms with Gasteiger partial charge in [-0.3, -0.25) is 0 Å². The fourth-order valence-corrected chi connectivity index (χ4v) is 3.30. The van der Waals surface area contributed by atoms with E-state index in [0.717, 1.165) is 16.7 Å². The van der Waals surface area contributed by atoms with E-state index in [0.29, 0.717) is 35.3 Å². The van der Waals surface area contributed by atoms with E-state index in [-0.39, 0.29) is 25.6 Å². The molecule has 5 heteroatoms. The van der Waals surface area contributed by atoms with Crippen molar-refractivity contribution in [2.24, 2.45) is 0 Å². The molecule has 0 amide bonds. The van der Waals surface area contributed by atoms with Crippen molar-refractivity contribution in [3.8, 4) is 28.0 Å². The fraction of sp³-hybridized carbons (Fsp3) is 0.222. The topological polar surface area (TPSA) is 55.8 Å². The number of rotatable bonds is 10. The van der Waals surface area contributed by atoms with Gasteiger partial charge in [0.1, 0.15) is 24.8 Å². The van der Waals surface area contributed by atoms with Gasteiger partial charge < -0.3 is 14.6 Å². The Morgan fingerprint density at radius 1 is 0.969 bits per heavy atom. The summed E-state index contributed by atoms with van der Waals surface area (Å²) in [5, 5.41) is 9.18. The molecule has 3 rings (SSSR count). The van der Waals surface area contributed by atoms with E-state index in [1.165, 1.54) is 6.07 Å². The maximum absolute atomic E-state index is 15.0. The summed E-state index contributed by atoms with van der Waals surface area (Å²) in [4.78, 5) is 11.5. The number of benzene rings is 3. The lowest BCUT2D eigenvalue weighted by molar-refractivity contribution is -0.139. The number of hydrogen-bond donors (Lipinski definition) is 1. The average Bonchev–Trinajstić information content (AvgIpc) is 2.81. The minimum atomic E-state index is -0.469. The van der Waals surface area contributed by atoms with Gasteiger partial charge in [-0.05, 0) is 54.2 Å². The maximum Gasteiger partial charge on any atom is 0.333 e.